The second-order valence-electron chi connectivity index (χ2n) is 8.61. The molecule has 1 aromatic carbocycles. The zero-order valence-electron chi connectivity index (χ0n) is 20.4. The van der Waals surface area contributed by atoms with Crippen molar-refractivity contribution in [3.05, 3.63) is 47.9 Å². The van der Waals surface area contributed by atoms with E-state index in [4.69, 9.17) is 4.74 Å². The summed E-state index contributed by atoms with van der Waals surface area (Å²) >= 11 is 0. The Balaban J connectivity index is 1.60. The molecular weight excluding hydrogens is 536 g/mol. The fraction of sp³-hybridized carbons (Fsp3) is 0.348. The van der Waals surface area contributed by atoms with Gasteiger partial charge in [-0.2, -0.15) is 18.3 Å². The van der Waals surface area contributed by atoms with E-state index in [1.54, 1.807) is 0 Å². The molecule has 2 amide bonds. The maximum Gasteiger partial charge on any atom is 0.408 e. The number of aromatic nitrogens is 4. The van der Waals surface area contributed by atoms with E-state index in [1.807, 2.05) is 0 Å². The summed E-state index contributed by atoms with van der Waals surface area (Å²) in [4.78, 5) is 32.4. The molecule has 0 bridgehead atoms. The molecule has 1 atom stereocenters. The Morgan fingerprint density at radius 1 is 1.26 bits per heavy atom. The van der Waals surface area contributed by atoms with E-state index in [2.05, 4.69) is 25.7 Å². The van der Waals surface area contributed by atoms with Gasteiger partial charge in [0.25, 0.3) is 0 Å². The summed E-state index contributed by atoms with van der Waals surface area (Å²) in [5, 5.41) is 8.23. The first kappa shape index (κ1) is 27.7. The number of urea groups is 1. The lowest BCUT2D eigenvalue weighted by molar-refractivity contribution is -0.141. The van der Waals surface area contributed by atoms with E-state index in [0.717, 1.165) is 29.4 Å². The second-order valence-corrected chi connectivity index (χ2v) is 8.61. The Bertz CT molecular complexity index is 1440. The van der Waals surface area contributed by atoms with Gasteiger partial charge < -0.3 is 20.3 Å². The van der Waals surface area contributed by atoms with E-state index in [1.165, 1.54) is 20.0 Å². The van der Waals surface area contributed by atoms with E-state index in [9.17, 15) is 35.9 Å². The van der Waals surface area contributed by atoms with Crippen LogP contribution in [0.25, 0.3) is 16.5 Å². The number of nitrogens with zero attached hydrogens (tertiary/aromatic N) is 5. The Hall–Kier alpha value is -4.37. The molecule has 208 valence electrons. The normalized spacial score (nSPS) is 17.4. The number of carbonyl (C=O) groups excluding carboxylic acids is 2. The van der Waals surface area contributed by atoms with Gasteiger partial charge in [0.1, 0.15) is 18.2 Å². The summed E-state index contributed by atoms with van der Waals surface area (Å²) in [6.45, 7) is -1.35. The van der Waals surface area contributed by atoms with Crippen LogP contribution >= 0.6 is 0 Å². The monoisotopic (exact) mass is 557 g/mol. The van der Waals surface area contributed by atoms with Gasteiger partial charge >= 0.3 is 18.1 Å². The molecule has 4 rings (SSSR count). The van der Waals surface area contributed by atoms with Crippen molar-refractivity contribution < 1.29 is 40.7 Å². The number of aryl methyl sites for hydroxylation is 1. The van der Waals surface area contributed by atoms with Crippen LogP contribution in [-0.2, 0) is 11.3 Å². The van der Waals surface area contributed by atoms with Gasteiger partial charge in [0.05, 0.1) is 36.1 Å². The number of nitrogens with one attached hydrogen (secondary N) is 2. The lowest BCUT2D eigenvalue weighted by Crippen LogP contribution is -2.36. The van der Waals surface area contributed by atoms with E-state index >= 15 is 0 Å². The van der Waals surface area contributed by atoms with Gasteiger partial charge in [0.2, 0.25) is 0 Å². The van der Waals surface area contributed by atoms with Gasteiger partial charge in [-0.1, -0.05) is 0 Å². The first-order valence-corrected chi connectivity index (χ1v) is 11.3. The third kappa shape index (κ3) is 6.21. The minimum Gasteiger partial charge on any atom is -0.479 e. The third-order valence-electron chi connectivity index (χ3n) is 5.71. The molecule has 0 radical (unpaired) electrons. The van der Waals surface area contributed by atoms with Crippen LogP contribution in [0.1, 0.15) is 11.5 Å². The molecule has 1 saturated heterocycles. The first-order chi connectivity index (χ1) is 18.3. The number of ether oxygens (including phenoxy) is 1. The molecule has 1 aliphatic rings. The largest absolute Gasteiger partial charge is 0.479 e. The minimum atomic E-state index is -4.61. The number of allylic oxidation sites excluding steroid dienone is 1. The Kier molecular flexibility index (Phi) is 7.39. The third-order valence-corrected chi connectivity index (χ3v) is 5.71. The summed E-state index contributed by atoms with van der Waals surface area (Å²) in [5.74, 6) is -5.08. The number of halogens is 6. The average molecular weight is 557 g/mol. The molecule has 2 aromatic heterocycles. The number of alkyl halides is 5. The molecule has 1 unspecified atom stereocenters. The Morgan fingerprint density at radius 2 is 2.00 bits per heavy atom. The molecule has 3 aromatic rings. The fourth-order valence-electron chi connectivity index (χ4n) is 3.92. The molecule has 10 nitrogen and oxygen atoms in total. The summed E-state index contributed by atoms with van der Waals surface area (Å²) in [6.07, 6.45) is -3.97. The van der Waals surface area contributed by atoms with Gasteiger partial charge in [-0.05, 0) is 13.0 Å². The van der Waals surface area contributed by atoms with Crippen molar-refractivity contribution in [1.29, 1.82) is 0 Å². The van der Waals surface area contributed by atoms with Crippen LogP contribution in [0.2, 0.25) is 0 Å². The van der Waals surface area contributed by atoms with Crippen molar-refractivity contribution in [1.82, 2.24) is 30.4 Å². The lowest BCUT2D eigenvalue weighted by atomic mass is 10.2. The molecular formula is C23H21F6N7O3. The van der Waals surface area contributed by atoms with Crippen LogP contribution in [0.15, 0.2) is 30.6 Å². The number of rotatable bonds is 7. The van der Waals surface area contributed by atoms with Crippen molar-refractivity contribution in [3.63, 3.8) is 0 Å². The summed E-state index contributed by atoms with van der Waals surface area (Å²) in [5.41, 5.74) is -0.155. The fourth-order valence-corrected chi connectivity index (χ4v) is 3.92. The lowest BCUT2D eigenvalue weighted by Gasteiger charge is -2.19. The van der Waals surface area contributed by atoms with E-state index < -0.39 is 55.4 Å². The molecule has 0 saturated carbocycles. The standard InChI is InChI=1S/C23H21F6N7O3/c1-12-33-16(14(9-37)6-31-21(38)30-2)4-20(34-12)35-8-19(22(25,26)10-35)39-18-5-17-13(3-15(18)24)7-32-36(17)11-23(27,28)29/h3-7,9,19H,8,10-11H2,1-2H3,(H2,30,31,38)/b14-6+. The number of hydrogen-bond acceptors (Lipinski definition) is 7. The van der Waals surface area contributed by atoms with Crippen LogP contribution < -0.4 is 20.3 Å². The van der Waals surface area contributed by atoms with Gasteiger partial charge in [0.15, 0.2) is 24.0 Å². The van der Waals surface area contributed by atoms with Gasteiger partial charge in [-0.15, -0.1) is 0 Å². The average Bonchev–Trinajstić information content (AvgIpc) is 3.37. The second kappa shape index (κ2) is 10.4. The molecule has 39 heavy (non-hydrogen) atoms. The highest BCUT2D eigenvalue weighted by Gasteiger charge is 2.51. The highest BCUT2D eigenvalue weighted by atomic mass is 19.4. The Morgan fingerprint density at radius 3 is 2.67 bits per heavy atom. The van der Waals surface area contributed by atoms with Crippen molar-refractivity contribution in [2.24, 2.45) is 0 Å². The van der Waals surface area contributed by atoms with E-state index in [-0.39, 0.29) is 33.8 Å². The van der Waals surface area contributed by atoms with Crippen LogP contribution in [0.3, 0.4) is 0 Å². The number of hydrogen-bond donors (Lipinski definition) is 2. The van der Waals surface area contributed by atoms with Crippen LogP contribution in [-0.4, -0.2) is 70.4 Å². The van der Waals surface area contributed by atoms with Crippen molar-refractivity contribution in [2.75, 3.05) is 25.0 Å². The number of carbonyl (C=O) groups is 2. The number of benzene rings is 1. The molecule has 16 heteroatoms. The zero-order chi connectivity index (χ0) is 28.5. The topological polar surface area (TPSA) is 114 Å². The summed E-state index contributed by atoms with van der Waals surface area (Å²) < 4.78 is 89.0. The molecule has 1 fully saturated rings. The van der Waals surface area contributed by atoms with Crippen molar-refractivity contribution in [3.8, 4) is 5.75 Å². The maximum absolute atomic E-state index is 15.0. The predicted molar refractivity (Wildman–Crippen MR) is 126 cm³/mol. The minimum absolute atomic E-state index is 0.00939. The maximum atomic E-state index is 15.0. The number of amides is 2. The van der Waals surface area contributed by atoms with Gasteiger partial charge in [-0.3, -0.25) is 9.48 Å². The molecule has 3 heterocycles. The number of aldehydes is 1. The van der Waals surface area contributed by atoms with Crippen LogP contribution in [0.4, 0.5) is 37.0 Å². The van der Waals surface area contributed by atoms with Gasteiger partial charge in [0, 0.05) is 30.8 Å². The predicted octanol–water partition coefficient (Wildman–Crippen LogP) is 3.21. The van der Waals surface area contributed by atoms with Crippen LogP contribution in [0, 0.1) is 12.7 Å². The number of fused-ring (bicyclic) bond motifs is 1. The van der Waals surface area contributed by atoms with Crippen molar-refractivity contribution in [2.45, 2.75) is 31.7 Å². The molecule has 0 aliphatic carbocycles. The molecule has 0 spiro atoms. The highest BCUT2D eigenvalue weighted by molar-refractivity contribution is 6.06. The Labute approximate surface area is 216 Å². The van der Waals surface area contributed by atoms with Gasteiger partial charge in [-0.25, -0.2) is 27.9 Å². The summed E-state index contributed by atoms with van der Waals surface area (Å²) in [6, 6.07) is 2.41. The van der Waals surface area contributed by atoms with E-state index in [0.29, 0.717) is 11.0 Å². The summed E-state index contributed by atoms with van der Waals surface area (Å²) in [7, 11) is 1.36. The smallest absolute Gasteiger partial charge is 0.408 e. The number of anilines is 1. The van der Waals surface area contributed by atoms with Crippen LogP contribution in [0.5, 0.6) is 5.75 Å². The highest BCUT2D eigenvalue weighted by Crippen LogP contribution is 2.36. The van der Waals surface area contributed by atoms with Crippen molar-refractivity contribution >= 4 is 34.6 Å². The first-order valence-electron chi connectivity index (χ1n) is 11.3. The molecule has 1 aliphatic heterocycles. The molecule has 2 N–H and O–H groups in total. The zero-order valence-corrected chi connectivity index (χ0v) is 20.4. The SMILES string of the molecule is CNC(=O)N/C=C(\C=O)c1cc(N2CC(Oc3cc4c(cnn4CC(F)(F)F)cc3F)C(F)(F)C2)nc(C)n1. The quantitative estimate of drug-likeness (QED) is 0.261.